The summed E-state index contributed by atoms with van der Waals surface area (Å²) in [5.41, 5.74) is 0. The zero-order chi connectivity index (χ0) is 11.3. The van der Waals surface area contributed by atoms with Gasteiger partial charge in [0.05, 0.1) is 6.07 Å². The lowest BCUT2D eigenvalue weighted by atomic mass is 10.3. The van der Waals surface area contributed by atoms with Crippen LogP contribution in [-0.2, 0) is 9.84 Å². The molecule has 1 rings (SSSR count). The minimum Gasteiger partial charge on any atom is -0.286 e. The van der Waals surface area contributed by atoms with Crippen LogP contribution in [0, 0.1) is 11.3 Å². The van der Waals surface area contributed by atoms with Crippen molar-refractivity contribution in [2.24, 2.45) is 0 Å². The molecule has 1 saturated heterocycles. The molecule has 0 radical (unpaired) electrons. The van der Waals surface area contributed by atoms with E-state index in [2.05, 4.69) is 6.07 Å². The molecule has 1 aliphatic rings. The van der Waals surface area contributed by atoms with Crippen LogP contribution in [0.25, 0.3) is 0 Å². The summed E-state index contributed by atoms with van der Waals surface area (Å²) < 4.78 is 23.0. The number of unbranched alkanes of at least 4 members (excludes halogenated alkanes) is 1. The molecule has 0 bridgehead atoms. The van der Waals surface area contributed by atoms with Gasteiger partial charge in [-0.2, -0.15) is 17.0 Å². The number of hydrogen-bond donors (Lipinski definition) is 0. The molecule has 0 aliphatic carbocycles. The first-order valence-corrected chi connectivity index (χ1v) is 8.04. The largest absolute Gasteiger partial charge is 0.286 e. The van der Waals surface area contributed by atoms with Crippen LogP contribution >= 0.6 is 11.8 Å². The van der Waals surface area contributed by atoms with Crippen molar-refractivity contribution < 1.29 is 8.42 Å². The van der Waals surface area contributed by atoms with Gasteiger partial charge in [-0.3, -0.25) is 4.90 Å². The van der Waals surface area contributed by atoms with Gasteiger partial charge in [0.25, 0.3) is 0 Å². The first-order valence-electron chi connectivity index (χ1n) is 4.93. The fourth-order valence-corrected chi connectivity index (χ4v) is 4.60. The summed E-state index contributed by atoms with van der Waals surface area (Å²) in [6.45, 7) is 1.53. The first-order chi connectivity index (χ1) is 7.05. The SMILES string of the molecule is CS(=O)(=O)C1CSCCN1CCCC#N. The van der Waals surface area contributed by atoms with Crippen LogP contribution in [0.3, 0.4) is 0 Å². The van der Waals surface area contributed by atoms with E-state index < -0.39 is 9.84 Å². The van der Waals surface area contributed by atoms with Gasteiger partial charge in [-0.1, -0.05) is 0 Å². The smallest absolute Gasteiger partial charge is 0.164 e. The van der Waals surface area contributed by atoms with E-state index in [1.165, 1.54) is 6.26 Å². The molecule has 0 amide bonds. The lowest BCUT2D eigenvalue weighted by Crippen LogP contribution is -2.47. The number of nitriles is 1. The van der Waals surface area contributed by atoms with E-state index in [-0.39, 0.29) is 5.37 Å². The standard InChI is InChI=1S/C9H16N2O2S2/c1-15(12,13)9-8-14-7-6-11(9)5-3-2-4-10/h9H,2-3,5-8H2,1H3. The molecule has 1 unspecified atom stereocenters. The van der Waals surface area contributed by atoms with Crippen molar-refractivity contribution in [2.45, 2.75) is 18.2 Å². The van der Waals surface area contributed by atoms with Gasteiger partial charge in [0.2, 0.25) is 0 Å². The van der Waals surface area contributed by atoms with Crippen LogP contribution in [0.2, 0.25) is 0 Å². The number of nitrogens with zero attached hydrogens (tertiary/aromatic N) is 2. The lowest BCUT2D eigenvalue weighted by molar-refractivity contribution is 0.268. The Labute approximate surface area is 95.6 Å². The van der Waals surface area contributed by atoms with Crippen molar-refractivity contribution in [1.82, 2.24) is 4.90 Å². The van der Waals surface area contributed by atoms with Crippen molar-refractivity contribution in [1.29, 1.82) is 5.26 Å². The Hall–Kier alpha value is -0.250. The van der Waals surface area contributed by atoms with E-state index in [0.29, 0.717) is 18.7 Å². The summed E-state index contributed by atoms with van der Waals surface area (Å²) in [6.07, 6.45) is 2.55. The van der Waals surface area contributed by atoms with Crippen molar-refractivity contribution >= 4 is 21.6 Å². The van der Waals surface area contributed by atoms with E-state index >= 15 is 0 Å². The maximum atomic E-state index is 11.5. The summed E-state index contributed by atoms with van der Waals surface area (Å²) in [5, 5.41) is 8.08. The molecule has 0 aromatic rings. The molecule has 1 aliphatic heterocycles. The van der Waals surface area contributed by atoms with Crippen molar-refractivity contribution in [3.05, 3.63) is 0 Å². The quantitative estimate of drug-likeness (QED) is 0.686. The van der Waals surface area contributed by atoms with E-state index in [1.807, 2.05) is 4.90 Å². The van der Waals surface area contributed by atoms with Gasteiger partial charge >= 0.3 is 0 Å². The van der Waals surface area contributed by atoms with Gasteiger partial charge in [-0.05, 0) is 6.42 Å². The Kier molecular flexibility index (Phi) is 4.90. The second kappa shape index (κ2) is 5.73. The van der Waals surface area contributed by atoms with Gasteiger partial charge in [-0.25, -0.2) is 8.42 Å². The number of sulfone groups is 1. The van der Waals surface area contributed by atoms with E-state index in [9.17, 15) is 8.42 Å². The monoisotopic (exact) mass is 248 g/mol. The molecule has 1 heterocycles. The fraction of sp³-hybridized carbons (Fsp3) is 0.889. The molecule has 1 fully saturated rings. The molecule has 0 aromatic heterocycles. The topological polar surface area (TPSA) is 61.2 Å². The highest BCUT2D eigenvalue weighted by molar-refractivity contribution is 8.00. The Morgan fingerprint density at radius 3 is 2.93 bits per heavy atom. The van der Waals surface area contributed by atoms with Gasteiger partial charge in [-0.15, -0.1) is 0 Å². The Balaban J connectivity index is 2.55. The van der Waals surface area contributed by atoms with Crippen LogP contribution in [0.5, 0.6) is 0 Å². The maximum absolute atomic E-state index is 11.5. The molecular weight excluding hydrogens is 232 g/mol. The lowest BCUT2D eigenvalue weighted by Gasteiger charge is -2.33. The minimum absolute atomic E-state index is 0.352. The molecule has 86 valence electrons. The van der Waals surface area contributed by atoms with E-state index in [0.717, 1.165) is 18.7 Å². The highest BCUT2D eigenvalue weighted by Crippen LogP contribution is 2.20. The number of rotatable bonds is 4. The van der Waals surface area contributed by atoms with Crippen LogP contribution in [-0.4, -0.2) is 49.5 Å². The Morgan fingerprint density at radius 1 is 1.60 bits per heavy atom. The zero-order valence-corrected chi connectivity index (χ0v) is 10.5. The van der Waals surface area contributed by atoms with Gasteiger partial charge in [0.15, 0.2) is 9.84 Å². The molecule has 0 saturated carbocycles. The van der Waals surface area contributed by atoms with Crippen LogP contribution in [0.1, 0.15) is 12.8 Å². The maximum Gasteiger partial charge on any atom is 0.164 e. The number of hydrogen-bond acceptors (Lipinski definition) is 5. The Morgan fingerprint density at radius 2 is 2.33 bits per heavy atom. The third kappa shape index (κ3) is 4.01. The first kappa shape index (κ1) is 12.8. The van der Waals surface area contributed by atoms with E-state index in [4.69, 9.17) is 5.26 Å². The molecule has 0 N–H and O–H groups in total. The molecule has 1 atom stereocenters. The second-order valence-corrected chi connectivity index (χ2v) is 7.01. The van der Waals surface area contributed by atoms with E-state index in [1.54, 1.807) is 11.8 Å². The normalized spacial score (nSPS) is 23.6. The summed E-state index contributed by atoms with van der Waals surface area (Å²) in [5.74, 6) is 1.64. The molecule has 6 heteroatoms. The summed E-state index contributed by atoms with van der Waals surface area (Å²) in [7, 11) is -2.99. The summed E-state index contributed by atoms with van der Waals surface area (Å²) >= 11 is 1.69. The average Bonchev–Trinajstić information content (AvgIpc) is 2.17. The van der Waals surface area contributed by atoms with Crippen molar-refractivity contribution in [2.75, 3.05) is 30.9 Å². The highest BCUT2D eigenvalue weighted by Gasteiger charge is 2.30. The molecule has 0 spiro atoms. The van der Waals surface area contributed by atoms with Crippen LogP contribution in [0.15, 0.2) is 0 Å². The highest BCUT2D eigenvalue weighted by atomic mass is 32.2. The molecule has 15 heavy (non-hydrogen) atoms. The second-order valence-electron chi connectivity index (χ2n) is 3.66. The summed E-state index contributed by atoms with van der Waals surface area (Å²) in [4.78, 5) is 1.99. The Bertz CT molecular complexity index is 335. The predicted molar refractivity (Wildman–Crippen MR) is 62.4 cm³/mol. The third-order valence-electron chi connectivity index (χ3n) is 2.42. The molecule has 0 aromatic carbocycles. The van der Waals surface area contributed by atoms with Gasteiger partial charge in [0.1, 0.15) is 5.37 Å². The minimum atomic E-state index is -2.99. The summed E-state index contributed by atoms with van der Waals surface area (Å²) in [6, 6.07) is 2.08. The third-order valence-corrected chi connectivity index (χ3v) is 5.11. The van der Waals surface area contributed by atoms with Crippen LogP contribution in [0.4, 0.5) is 0 Å². The fourth-order valence-electron chi connectivity index (χ4n) is 1.63. The molecular formula is C9H16N2O2S2. The van der Waals surface area contributed by atoms with Gasteiger partial charge < -0.3 is 0 Å². The predicted octanol–water partition coefficient (Wildman–Crippen LogP) is 0.710. The zero-order valence-electron chi connectivity index (χ0n) is 8.85. The van der Waals surface area contributed by atoms with Crippen molar-refractivity contribution in [3.63, 3.8) is 0 Å². The number of thioether (sulfide) groups is 1. The van der Waals surface area contributed by atoms with Crippen LogP contribution < -0.4 is 0 Å². The van der Waals surface area contributed by atoms with Crippen molar-refractivity contribution in [3.8, 4) is 6.07 Å². The molecule has 4 nitrogen and oxygen atoms in total. The van der Waals surface area contributed by atoms with Gasteiger partial charge in [0, 0.05) is 37.3 Å². The average molecular weight is 248 g/mol.